The molecule has 0 amide bonds. The van der Waals surface area contributed by atoms with Gasteiger partial charge in [-0.3, -0.25) is 0 Å². The lowest BCUT2D eigenvalue weighted by Crippen LogP contribution is -1.60. The van der Waals surface area contributed by atoms with E-state index in [0.29, 0.717) is 6.10 Å². The van der Waals surface area contributed by atoms with Crippen molar-refractivity contribution in [1.82, 2.24) is 0 Å². The molecule has 1 saturated heterocycles. The summed E-state index contributed by atoms with van der Waals surface area (Å²) >= 11 is 5.01. The summed E-state index contributed by atoms with van der Waals surface area (Å²) in [6, 6.07) is 0. The third-order valence-corrected chi connectivity index (χ3v) is 0.878. The highest BCUT2D eigenvalue weighted by atomic mass is 35.5. The van der Waals surface area contributed by atoms with E-state index in [1.54, 1.807) is 6.08 Å². The first-order valence-corrected chi connectivity index (χ1v) is 3.08. The van der Waals surface area contributed by atoms with Crippen LogP contribution in [0.4, 0.5) is 0 Å². The maximum atomic E-state index is 5.01. The molecule has 0 aliphatic carbocycles. The summed E-state index contributed by atoms with van der Waals surface area (Å²) in [7, 11) is 0. The van der Waals surface area contributed by atoms with E-state index in [2.05, 4.69) is 6.92 Å². The van der Waals surface area contributed by atoms with Crippen LogP contribution in [0.15, 0.2) is 11.6 Å². The van der Waals surface area contributed by atoms with E-state index in [4.69, 9.17) is 16.3 Å². The molecule has 1 heterocycles. The van der Waals surface area contributed by atoms with E-state index in [1.165, 1.54) is 5.54 Å². The van der Waals surface area contributed by atoms with Gasteiger partial charge in [-0.05, 0) is 19.4 Å². The first-order valence-electron chi connectivity index (χ1n) is 2.64. The lowest BCUT2D eigenvalue weighted by molar-refractivity contribution is 0.423. The molecule has 0 N–H and O–H groups in total. The second kappa shape index (κ2) is 5.13. The van der Waals surface area contributed by atoms with Gasteiger partial charge in [0.15, 0.2) is 0 Å². The van der Waals surface area contributed by atoms with E-state index < -0.39 is 0 Å². The number of hydrogen-bond donors (Lipinski definition) is 0. The second-order valence-corrected chi connectivity index (χ2v) is 1.86. The fourth-order valence-corrected chi connectivity index (χ4v) is 0.0962. The Bertz CT molecular complexity index is 62.9. The minimum atomic E-state index is 0.583. The molecule has 8 heavy (non-hydrogen) atoms. The fraction of sp³-hybridized carbons (Fsp3) is 0.667. The lowest BCUT2D eigenvalue weighted by atomic mass is 10.6. The summed E-state index contributed by atoms with van der Waals surface area (Å²) in [5, 5.41) is 0. The lowest BCUT2D eigenvalue weighted by Gasteiger charge is -1.50. The van der Waals surface area contributed by atoms with Crippen LogP contribution in [0.25, 0.3) is 0 Å². The zero-order chi connectivity index (χ0) is 6.41. The zero-order valence-corrected chi connectivity index (χ0v) is 5.98. The third-order valence-electron chi connectivity index (χ3n) is 0.626. The molecule has 1 atom stereocenters. The molecule has 1 aliphatic rings. The van der Waals surface area contributed by atoms with E-state index in [0.717, 1.165) is 6.61 Å². The number of epoxide rings is 1. The molecule has 0 aromatic heterocycles. The van der Waals surface area contributed by atoms with Gasteiger partial charge in [0, 0.05) is 0 Å². The fourth-order valence-electron chi connectivity index (χ4n) is 0.0962. The van der Waals surface area contributed by atoms with E-state index >= 15 is 0 Å². The van der Waals surface area contributed by atoms with E-state index in [-0.39, 0.29) is 0 Å². The number of ether oxygens (including phenoxy) is 1. The summed E-state index contributed by atoms with van der Waals surface area (Å²) in [6.07, 6.45) is 2.35. The van der Waals surface area contributed by atoms with Crippen molar-refractivity contribution in [3.05, 3.63) is 11.6 Å². The Balaban J connectivity index is 0.000000122. The highest BCUT2D eigenvalue weighted by Crippen LogP contribution is 2.04. The predicted octanol–water partition coefficient (Wildman–Crippen LogP) is 2.16. The zero-order valence-electron chi connectivity index (χ0n) is 5.23. The molecule has 0 saturated carbocycles. The smallest absolute Gasteiger partial charge is 0.0781 e. The minimum Gasteiger partial charge on any atom is -0.373 e. The molecule has 2 heteroatoms. The van der Waals surface area contributed by atoms with Gasteiger partial charge in [0.2, 0.25) is 0 Å². The first kappa shape index (κ1) is 7.99. The molecule has 1 fully saturated rings. The largest absolute Gasteiger partial charge is 0.373 e. The molecule has 0 radical (unpaired) electrons. The van der Waals surface area contributed by atoms with Crippen LogP contribution in [0.1, 0.15) is 13.8 Å². The Morgan fingerprint density at radius 3 is 2.00 bits per heavy atom. The summed E-state index contributed by atoms with van der Waals surface area (Å²) < 4.78 is 4.71. The highest BCUT2D eigenvalue weighted by Gasteiger charge is 2.13. The summed E-state index contributed by atoms with van der Waals surface area (Å²) in [5.74, 6) is 0. The quantitative estimate of drug-likeness (QED) is 0.463. The molecule has 1 nitrogen and oxygen atoms in total. The van der Waals surface area contributed by atoms with Gasteiger partial charge in [0.25, 0.3) is 0 Å². The monoisotopic (exact) mass is 134 g/mol. The number of hydrogen-bond acceptors (Lipinski definition) is 1. The van der Waals surface area contributed by atoms with Crippen molar-refractivity contribution >= 4 is 11.6 Å². The van der Waals surface area contributed by atoms with E-state index in [1.807, 2.05) is 6.92 Å². The Morgan fingerprint density at radius 1 is 1.75 bits per heavy atom. The topological polar surface area (TPSA) is 12.5 Å². The minimum absolute atomic E-state index is 0.583. The molecule has 0 spiro atoms. The summed E-state index contributed by atoms with van der Waals surface area (Å²) in [4.78, 5) is 0. The van der Waals surface area contributed by atoms with Crippen molar-refractivity contribution in [2.45, 2.75) is 20.0 Å². The highest BCUT2D eigenvalue weighted by molar-refractivity contribution is 6.25. The molecule has 0 aromatic carbocycles. The van der Waals surface area contributed by atoms with Crippen LogP contribution in [0.3, 0.4) is 0 Å². The molecular formula is C6H11ClO. The van der Waals surface area contributed by atoms with Crippen molar-refractivity contribution in [2.75, 3.05) is 6.61 Å². The Kier molecular flexibility index (Phi) is 5.13. The standard InChI is InChI=1S/C3H5Cl.C3H6O/c1-2-3-4;1-3-2-4-3/h2-3H,1H3;3H,2H2,1H3. The van der Waals surface area contributed by atoms with Crippen molar-refractivity contribution in [1.29, 1.82) is 0 Å². The molecule has 0 aromatic rings. The molecular weight excluding hydrogens is 124 g/mol. The first-order chi connectivity index (χ1) is 3.81. The Labute approximate surface area is 55.3 Å². The van der Waals surface area contributed by atoms with Crippen LogP contribution < -0.4 is 0 Å². The van der Waals surface area contributed by atoms with Crippen LogP contribution in [0, 0.1) is 0 Å². The maximum absolute atomic E-state index is 5.01. The summed E-state index contributed by atoms with van der Waals surface area (Å²) in [5.41, 5.74) is 1.47. The number of allylic oxidation sites excluding steroid dienone is 1. The van der Waals surface area contributed by atoms with Gasteiger partial charge in [-0.1, -0.05) is 17.7 Å². The average molecular weight is 135 g/mol. The van der Waals surface area contributed by atoms with Crippen LogP contribution in [-0.4, -0.2) is 12.7 Å². The third kappa shape index (κ3) is 9.37. The molecule has 48 valence electrons. The van der Waals surface area contributed by atoms with Gasteiger partial charge < -0.3 is 4.74 Å². The van der Waals surface area contributed by atoms with Crippen molar-refractivity contribution in [2.24, 2.45) is 0 Å². The van der Waals surface area contributed by atoms with Gasteiger partial charge in [-0.25, -0.2) is 0 Å². The normalized spacial score (nSPS) is 24.6. The van der Waals surface area contributed by atoms with Gasteiger partial charge in [0.05, 0.1) is 12.7 Å². The van der Waals surface area contributed by atoms with Crippen LogP contribution >= 0.6 is 11.6 Å². The van der Waals surface area contributed by atoms with Crippen LogP contribution in [0.5, 0.6) is 0 Å². The van der Waals surface area contributed by atoms with Crippen LogP contribution in [0.2, 0.25) is 0 Å². The van der Waals surface area contributed by atoms with Crippen molar-refractivity contribution in [3.63, 3.8) is 0 Å². The van der Waals surface area contributed by atoms with Crippen molar-refractivity contribution < 1.29 is 4.74 Å². The maximum Gasteiger partial charge on any atom is 0.0781 e. The molecule has 1 rings (SSSR count). The number of rotatable bonds is 0. The van der Waals surface area contributed by atoms with Crippen LogP contribution in [-0.2, 0) is 4.74 Å². The molecule has 1 unspecified atom stereocenters. The van der Waals surface area contributed by atoms with Gasteiger partial charge in [-0.15, -0.1) is 0 Å². The van der Waals surface area contributed by atoms with E-state index in [9.17, 15) is 0 Å². The molecule has 1 aliphatic heterocycles. The Hall–Kier alpha value is -0.0100. The summed E-state index contributed by atoms with van der Waals surface area (Å²) in [6.45, 7) is 4.91. The SMILES string of the molecule is CC1CO1.CC=CCl. The van der Waals surface area contributed by atoms with Gasteiger partial charge >= 0.3 is 0 Å². The second-order valence-electron chi connectivity index (χ2n) is 1.60. The van der Waals surface area contributed by atoms with Gasteiger partial charge in [-0.2, -0.15) is 0 Å². The average Bonchev–Trinajstić information content (AvgIpc) is 2.52. The van der Waals surface area contributed by atoms with Gasteiger partial charge in [0.1, 0.15) is 0 Å². The Morgan fingerprint density at radius 2 is 2.00 bits per heavy atom. The number of halogens is 1. The van der Waals surface area contributed by atoms with Crippen molar-refractivity contribution in [3.8, 4) is 0 Å². The predicted molar refractivity (Wildman–Crippen MR) is 36.1 cm³/mol. The molecule has 0 bridgehead atoms.